The van der Waals surface area contributed by atoms with Crippen LogP contribution in [-0.2, 0) is 9.53 Å². The minimum Gasteiger partial charge on any atom is -0.497 e. The Morgan fingerprint density at radius 1 is 1.08 bits per heavy atom. The van der Waals surface area contributed by atoms with Gasteiger partial charge >= 0.3 is 12.0 Å². The monoisotopic (exact) mass is 358 g/mol. The second kappa shape index (κ2) is 8.25. The molecule has 0 saturated heterocycles. The van der Waals surface area contributed by atoms with E-state index in [-0.39, 0.29) is 18.1 Å². The number of carbonyl (C=O) groups excluding carboxylic acids is 2. The zero-order chi connectivity index (χ0) is 18.5. The molecule has 26 heavy (non-hydrogen) atoms. The number of carbonyl (C=O) groups is 2. The second-order valence-electron chi connectivity index (χ2n) is 6.86. The van der Waals surface area contributed by atoms with E-state index < -0.39 is 6.04 Å². The predicted molar refractivity (Wildman–Crippen MR) is 97.7 cm³/mol. The highest BCUT2D eigenvalue weighted by Gasteiger charge is 2.33. The van der Waals surface area contributed by atoms with Gasteiger partial charge in [0.15, 0.2) is 0 Å². The smallest absolute Gasteiger partial charge is 0.338 e. The fraction of sp³-hybridized carbons (Fsp3) is 0.500. The number of allylic oxidation sites excluding steroid dienone is 1. The third-order valence-corrected chi connectivity index (χ3v) is 5.01. The number of urea groups is 1. The lowest BCUT2D eigenvalue weighted by molar-refractivity contribution is -0.145. The topological polar surface area (TPSA) is 76.7 Å². The normalized spacial score (nSPS) is 21.5. The first-order chi connectivity index (χ1) is 12.6. The first kappa shape index (κ1) is 18.3. The zero-order valence-electron chi connectivity index (χ0n) is 15.3. The maximum atomic E-state index is 12.9. The summed E-state index contributed by atoms with van der Waals surface area (Å²) >= 11 is 0. The minimum atomic E-state index is -0.534. The molecule has 1 aliphatic heterocycles. The predicted octanol–water partition coefficient (Wildman–Crippen LogP) is 3.59. The van der Waals surface area contributed by atoms with Crippen LogP contribution in [0.25, 0.3) is 0 Å². The van der Waals surface area contributed by atoms with Gasteiger partial charge in [0, 0.05) is 5.70 Å². The molecular weight excluding hydrogens is 332 g/mol. The van der Waals surface area contributed by atoms with Crippen LogP contribution in [0, 0.1) is 0 Å². The molecule has 1 unspecified atom stereocenters. The Morgan fingerprint density at radius 2 is 1.73 bits per heavy atom. The van der Waals surface area contributed by atoms with Crippen LogP contribution in [0.3, 0.4) is 0 Å². The van der Waals surface area contributed by atoms with E-state index in [4.69, 9.17) is 9.47 Å². The van der Waals surface area contributed by atoms with Crippen LogP contribution in [0.4, 0.5) is 4.79 Å². The van der Waals surface area contributed by atoms with Crippen molar-refractivity contribution in [2.45, 2.75) is 57.6 Å². The van der Waals surface area contributed by atoms with Crippen molar-refractivity contribution in [3.63, 3.8) is 0 Å². The Kier molecular flexibility index (Phi) is 5.81. The highest BCUT2D eigenvalue weighted by molar-refractivity contribution is 5.95. The lowest BCUT2D eigenvalue weighted by atomic mass is 9.95. The third-order valence-electron chi connectivity index (χ3n) is 5.01. The third kappa shape index (κ3) is 4.18. The molecule has 0 aromatic heterocycles. The van der Waals surface area contributed by atoms with E-state index in [9.17, 15) is 9.59 Å². The van der Waals surface area contributed by atoms with Crippen molar-refractivity contribution in [2.24, 2.45) is 0 Å². The SMILES string of the molecule is COc1ccc(C2NC(=O)NC(C)=C2C(=O)OC2CCCCCC2)cc1. The molecule has 6 nitrogen and oxygen atoms in total. The molecule has 1 atom stereocenters. The van der Waals surface area contributed by atoms with Gasteiger partial charge in [-0.3, -0.25) is 0 Å². The second-order valence-corrected chi connectivity index (χ2v) is 6.86. The number of rotatable bonds is 4. The summed E-state index contributed by atoms with van der Waals surface area (Å²) in [6.45, 7) is 1.74. The van der Waals surface area contributed by atoms with Crippen LogP contribution in [0.15, 0.2) is 35.5 Å². The van der Waals surface area contributed by atoms with Crippen LogP contribution in [0.2, 0.25) is 0 Å². The molecule has 1 aromatic carbocycles. The van der Waals surface area contributed by atoms with Gasteiger partial charge in [-0.05, 0) is 50.3 Å². The summed E-state index contributed by atoms with van der Waals surface area (Å²) in [6.07, 6.45) is 6.35. The van der Waals surface area contributed by atoms with Crippen LogP contribution in [0.5, 0.6) is 5.75 Å². The fourth-order valence-electron chi connectivity index (χ4n) is 3.59. The van der Waals surface area contributed by atoms with Gasteiger partial charge in [0.1, 0.15) is 11.9 Å². The molecule has 2 amide bonds. The molecule has 1 saturated carbocycles. The van der Waals surface area contributed by atoms with Gasteiger partial charge in [0.2, 0.25) is 0 Å². The van der Waals surface area contributed by atoms with Gasteiger partial charge in [-0.2, -0.15) is 0 Å². The number of hydrogen-bond donors (Lipinski definition) is 2. The average molecular weight is 358 g/mol. The Balaban J connectivity index is 1.83. The average Bonchev–Trinajstić information content (AvgIpc) is 2.89. The molecule has 0 bridgehead atoms. The lowest BCUT2D eigenvalue weighted by Gasteiger charge is -2.29. The van der Waals surface area contributed by atoms with Crippen molar-refractivity contribution in [3.05, 3.63) is 41.1 Å². The maximum absolute atomic E-state index is 12.9. The quantitative estimate of drug-likeness (QED) is 0.637. The summed E-state index contributed by atoms with van der Waals surface area (Å²) < 4.78 is 11.0. The van der Waals surface area contributed by atoms with Crippen LogP contribution >= 0.6 is 0 Å². The van der Waals surface area contributed by atoms with E-state index in [0.29, 0.717) is 11.3 Å². The van der Waals surface area contributed by atoms with E-state index in [1.807, 2.05) is 24.3 Å². The first-order valence-corrected chi connectivity index (χ1v) is 9.21. The lowest BCUT2D eigenvalue weighted by Crippen LogP contribution is -2.45. The molecule has 2 N–H and O–H groups in total. The fourth-order valence-corrected chi connectivity index (χ4v) is 3.59. The van der Waals surface area contributed by atoms with Gasteiger partial charge in [-0.1, -0.05) is 25.0 Å². The summed E-state index contributed by atoms with van der Waals surface area (Å²) in [7, 11) is 1.60. The molecule has 1 aliphatic carbocycles. The number of nitrogens with one attached hydrogen (secondary N) is 2. The minimum absolute atomic E-state index is 0.0422. The zero-order valence-corrected chi connectivity index (χ0v) is 15.3. The van der Waals surface area contributed by atoms with E-state index >= 15 is 0 Å². The summed E-state index contributed by atoms with van der Waals surface area (Å²) in [5.41, 5.74) is 1.81. The summed E-state index contributed by atoms with van der Waals surface area (Å²) in [5, 5.41) is 5.52. The first-order valence-electron chi connectivity index (χ1n) is 9.21. The van der Waals surface area contributed by atoms with Gasteiger partial charge in [-0.25, -0.2) is 9.59 Å². The highest BCUT2D eigenvalue weighted by atomic mass is 16.5. The van der Waals surface area contributed by atoms with Crippen LogP contribution < -0.4 is 15.4 Å². The number of esters is 1. The molecule has 0 radical (unpaired) electrons. The number of amides is 2. The van der Waals surface area contributed by atoms with E-state index in [0.717, 1.165) is 37.0 Å². The maximum Gasteiger partial charge on any atom is 0.338 e. The number of benzene rings is 1. The van der Waals surface area contributed by atoms with Gasteiger partial charge in [0.25, 0.3) is 0 Å². The number of methoxy groups -OCH3 is 1. The van der Waals surface area contributed by atoms with Crippen molar-refractivity contribution in [1.29, 1.82) is 0 Å². The largest absolute Gasteiger partial charge is 0.497 e. The van der Waals surface area contributed by atoms with Crippen LogP contribution in [-0.4, -0.2) is 25.2 Å². The number of ether oxygens (including phenoxy) is 2. The van der Waals surface area contributed by atoms with Gasteiger partial charge < -0.3 is 20.1 Å². The molecule has 6 heteroatoms. The Hall–Kier alpha value is -2.50. The molecule has 1 aromatic rings. The summed E-state index contributed by atoms with van der Waals surface area (Å²) in [6, 6.07) is 6.46. The molecule has 1 heterocycles. The Bertz CT molecular complexity index is 688. The molecule has 2 aliphatic rings. The van der Waals surface area contributed by atoms with Crippen molar-refractivity contribution in [3.8, 4) is 5.75 Å². The van der Waals surface area contributed by atoms with Gasteiger partial charge in [-0.15, -0.1) is 0 Å². The van der Waals surface area contributed by atoms with Crippen molar-refractivity contribution in [1.82, 2.24) is 10.6 Å². The van der Waals surface area contributed by atoms with Crippen molar-refractivity contribution in [2.75, 3.05) is 7.11 Å². The summed E-state index contributed by atoms with van der Waals surface area (Å²) in [4.78, 5) is 24.9. The Labute approximate surface area is 153 Å². The van der Waals surface area contributed by atoms with Crippen molar-refractivity contribution >= 4 is 12.0 Å². The highest BCUT2D eigenvalue weighted by Crippen LogP contribution is 2.30. The molecular formula is C20H26N2O4. The summed E-state index contributed by atoms with van der Waals surface area (Å²) in [5.74, 6) is 0.361. The Morgan fingerprint density at radius 3 is 2.35 bits per heavy atom. The molecule has 3 rings (SSSR count). The van der Waals surface area contributed by atoms with E-state index in [2.05, 4.69) is 10.6 Å². The van der Waals surface area contributed by atoms with Gasteiger partial charge in [0.05, 0.1) is 18.7 Å². The molecule has 140 valence electrons. The molecule has 0 spiro atoms. The van der Waals surface area contributed by atoms with Crippen molar-refractivity contribution < 1.29 is 19.1 Å². The van der Waals surface area contributed by atoms with E-state index in [1.165, 1.54) is 12.8 Å². The van der Waals surface area contributed by atoms with E-state index in [1.54, 1.807) is 14.0 Å². The standard InChI is InChI=1S/C20H26N2O4/c1-13-17(19(23)26-16-7-5-3-4-6-8-16)18(22-20(24)21-13)14-9-11-15(25-2)12-10-14/h9-12,16,18H,3-8H2,1-2H3,(H2,21,22,24). The number of hydrogen-bond acceptors (Lipinski definition) is 4. The van der Waals surface area contributed by atoms with Crippen LogP contribution in [0.1, 0.15) is 57.1 Å². The molecule has 1 fully saturated rings.